The molecule has 0 aliphatic carbocycles. The van der Waals surface area contributed by atoms with E-state index in [1.807, 2.05) is 0 Å². The molecule has 0 aliphatic heterocycles. The first kappa shape index (κ1) is 13.8. The number of sulfonamides is 1. The molecule has 0 radical (unpaired) electrons. The third-order valence-electron chi connectivity index (χ3n) is 1.89. The molecule has 1 aromatic rings. The molecular formula is C9H13NO6S. The van der Waals surface area contributed by atoms with E-state index < -0.39 is 22.7 Å². The Hall–Kier alpha value is -1.22. The Morgan fingerprint density at radius 2 is 2.29 bits per heavy atom. The summed E-state index contributed by atoms with van der Waals surface area (Å²) in [5, 5.41) is 8.54. The second-order valence-corrected chi connectivity index (χ2v) is 4.88. The van der Waals surface area contributed by atoms with E-state index in [2.05, 4.69) is 4.72 Å². The summed E-state index contributed by atoms with van der Waals surface area (Å²) in [7, 11) is -2.52. The summed E-state index contributed by atoms with van der Waals surface area (Å²) in [6.07, 6.45) is 0.400. The number of aliphatic hydroxyl groups is 1. The van der Waals surface area contributed by atoms with Gasteiger partial charge in [0, 0.05) is 7.11 Å². The van der Waals surface area contributed by atoms with Crippen LogP contribution in [0.3, 0.4) is 0 Å². The molecule has 1 atom stereocenters. The Balaban J connectivity index is 2.83. The summed E-state index contributed by atoms with van der Waals surface area (Å²) in [4.78, 5) is 10.4. The second kappa shape index (κ2) is 5.92. The Morgan fingerprint density at radius 1 is 1.59 bits per heavy atom. The minimum absolute atomic E-state index is 0.0248. The number of nitrogens with one attached hydrogen (secondary N) is 1. The number of carbonyl (C=O) groups is 1. The highest BCUT2D eigenvalue weighted by Gasteiger charge is 2.22. The van der Waals surface area contributed by atoms with E-state index >= 15 is 0 Å². The van der Waals surface area contributed by atoms with Gasteiger partial charge in [0.2, 0.25) is 5.09 Å². The van der Waals surface area contributed by atoms with E-state index in [1.54, 1.807) is 0 Å². The van der Waals surface area contributed by atoms with Crippen molar-refractivity contribution >= 4 is 16.3 Å². The SMILES string of the molecule is COCC(CO)NS(=O)(=O)c1ccc(C=O)o1. The molecule has 0 saturated carbocycles. The topological polar surface area (TPSA) is 106 Å². The molecule has 17 heavy (non-hydrogen) atoms. The predicted molar refractivity (Wildman–Crippen MR) is 57.2 cm³/mol. The summed E-state index contributed by atoms with van der Waals surface area (Å²) in [6.45, 7) is -0.384. The average molecular weight is 263 g/mol. The van der Waals surface area contributed by atoms with Crippen molar-refractivity contribution in [2.24, 2.45) is 0 Å². The van der Waals surface area contributed by atoms with Gasteiger partial charge in [0.1, 0.15) is 0 Å². The molecule has 0 amide bonds. The van der Waals surface area contributed by atoms with Crippen LogP contribution in [-0.2, 0) is 14.8 Å². The highest BCUT2D eigenvalue weighted by atomic mass is 32.2. The van der Waals surface area contributed by atoms with E-state index in [1.165, 1.54) is 13.2 Å². The lowest BCUT2D eigenvalue weighted by Gasteiger charge is -2.13. The summed E-state index contributed by atoms with van der Waals surface area (Å²) in [6, 6.07) is 1.63. The first-order valence-corrected chi connectivity index (χ1v) is 6.19. The van der Waals surface area contributed by atoms with Crippen LogP contribution in [0, 0.1) is 0 Å². The van der Waals surface area contributed by atoms with Gasteiger partial charge in [-0.2, -0.15) is 0 Å². The third-order valence-corrected chi connectivity index (χ3v) is 3.29. The molecule has 7 nitrogen and oxygen atoms in total. The molecule has 1 aromatic heterocycles. The minimum atomic E-state index is -3.90. The van der Waals surface area contributed by atoms with Crippen molar-refractivity contribution in [2.45, 2.75) is 11.1 Å². The van der Waals surface area contributed by atoms with Crippen molar-refractivity contribution in [3.05, 3.63) is 17.9 Å². The fourth-order valence-electron chi connectivity index (χ4n) is 1.14. The van der Waals surface area contributed by atoms with Gasteiger partial charge in [0.25, 0.3) is 10.0 Å². The fourth-order valence-corrected chi connectivity index (χ4v) is 2.30. The first-order valence-electron chi connectivity index (χ1n) is 4.70. The Kier molecular flexibility index (Phi) is 4.82. The van der Waals surface area contributed by atoms with E-state index in [0.717, 1.165) is 6.07 Å². The smallest absolute Gasteiger partial charge is 0.274 e. The lowest BCUT2D eigenvalue weighted by molar-refractivity contribution is 0.109. The molecule has 2 N–H and O–H groups in total. The molecule has 1 unspecified atom stereocenters. The number of furan rings is 1. The third kappa shape index (κ3) is 3.63. The van der Waals surface area contributed by atoms with Gasteiger partial charge in [0.05, 0.1) is 19.3 Å². The normalized spacial score (nSPS) is 13.5. The Morgan fingerprint density at radius 3 is 2.76 bits per heavy atom. The van der Waals surface area contributed by atoms with Crippen LogP contribution >= 0.6 is 0 Å². The number of carbonyl (C=O) groups excluding carboxylic acids is 1. The Bertz CT molecular complexity index is 466. The number of aldehydes is 1. The quantitative estimate of drug-likeness (QED) is 0.635. The van der Waals surface area contributed by atoms with Crippen molar-refractivity contribution in [1.29, 1.82) is 0 Å². The lowest BCUT2D eigenvalue weighted by atomic mass is 10.4. The van der Waals surface area contributed by atoms with Crippen LogP contribution in [0.4, 0.5) is 0 Å². The van der Waals surface area contributed by atoms with E-state index in [0.29, 0.717) is 6.29 Å². The van der Waals surface area contributed by atoms with Gasteiger partial charge in [0.15, 0.2) is 12.0 Å². The Labute approximate surface area is 98.4 Å². The van der Waals surface area contributed by atoms with Crippen molar-refractivity contribution in [3.63, 3.8) is 0 Å². The maximum absolute atomic E-state index is 11.7. The van der Waals surface area contributed by atoms with E-state index in [9.17, 15) is 13.2 Å². The van der Waals surface area contributed by atoms with Gasteiger partial charge in [-0.25, -0.2) is 13.1 Å². The summed E-state index contributed by atoms with van der Waals surface area (Å²) >= 11 is 0. The minimum Gasteiger partial charge on any atom is -0.440 e. The molecule has 0 saturated heterocycles. The van der Waals surface area contributed by atoms with E-state index in [4.69, 9.17) is 14.3 Å². The van der Waals surface area contributed by atoms with Crippen LogP contribution in [-0.4, -0.2) is 46.2 Å². The largest absolute Gasteiger partial charge is 0.440 e. The molecule has 1 heterocycles. The first-order chi connectivity index (χ1) is 8.03. The zero-order chi connectivity index (χ0) is 12.9. The second-order valence-electron chi connectivity index (χ2n) is 3.23. The van der Waals surface area contributed by atoms with Crippen LogP contribution < -0.4 is 4.72 Å². The lowest BCUT2D eigenvalue weighted by Crippen LogP contribution is -2.40. The van der Waals surface area contributed by atoms with Gasteiger partial charge in [-0.3, -0.25) is 4.79 Å². The van der Waals surface area contributed by atoms with Crippen molar-refractivity contribution in [1.82, 2.24) is 4.72 Å². The molecule has 1 rings (SSSR count). The van der Waals surface area contributed by atoms with Crippen LogP contribution in [0.5, 0.6) is 0 Å². The molecule has 0 fully saturated rings. The summed E-state index contributed by atoms with van der Waals surface area (Å²) in [5.74, 6) is -0.0855. The zero-order valence-electron chi connectivity index (χ0n) is 9.12. The summed E-state index contributed by atoms with van der Waals surface area (Å²) in [5.41, 5.74) is 0. The van der Waals surface area contributed by atoms with Gasteiger partial charge in [-0.1, -0.05) is 0 Å². The monoisotopic (exact) mass is 263 g/mol. The standard InChI is InChI=1S/C9H13NO6S/c1-15-6-7(4-11)10-17(13,14)9-3-2-8(5-12)16-9/h2-3,5,7,10-11H,4,6H2,1H3. The summed E-state index contributed by atoms with van der Waals surface area (Å²) < 4.78 is 35.1. The highest BCUT2D eigenvalue weighted by molar-refractivity contribution is 7.89. The van der Waals surface area contributed by atoms with E-state index in [-0.39, 0.29) is 17.5 Å². The molecule has 8 heteroatoms. The van der Waals surface area contributed by atoms with Crippen molar-refractivity contribution in [2.75, 3.05) is 20.3 Å². The maximum atomic E-state index is 11.7. The average Bonchev–Trinajstić information content (AvgIpc) is 2.77. The fraction of sp³-hybridized carbons (Fsp3) is 0.444. The van der Waals surface area contributed by atoms with Crippen LogP contribution in [0.15, 0.2) is 21.6 Å². The number of hydrogen-bond acceptors (Lipinski definition) is 6. The molecular weight excluding hydrogens is 250 g/mol. The van der Waals surface area contributed by atoms with Crippen LogP contribution in [0.2, 0.25) is 0 Å². The van der Waals surface area contributed by atoms with Gasteiger partial charge >= 0.3 is 0 Å². The van der Waals surface area contributed by atoms with Crippen molar-refractivity contribution < 1.29 is 27.5 Å². The number of aliphatic hydroxyl groups excluding tert-OH is 1. The zero-order valence-corrected chi connectivity index (χ0v) is 9.94. The van der Waals surface area contributed by atoms with Gasteiger partial charge in [-0.05, 0) is 12.1 Å². The van der Waals surface area contributed by atoms with Crippen LogP contribution in [0.1, 0.15) is 10.6 Å². The predicted octanol–water partition coefficient (Wildman–Crippen LogP) is -0.622. The molecule has 0 aliphatic rings. The van der Waals surface area contributed by atoms with Crippen molar-refractivity contribution in [3.8, 4) is 0 Å². The molecule has 0 spiro atoms. The number of rotatable bonds is 7. The molecule has 0 bridgehead atoms. The number of methoxy groups -OCH3 is 1. The highest BCUT2D eigenvalue weighted by Crippen LogP contribution is 2.12. The number of ether oxygens (including phenoxy) is 1. The molecule has 96 valence electrons. The molecule has 0 aromatic carbocycles. The van der Waals surface area contributed by atoms with Crippen LogP contribution in [0.25, 0.3) is 0 Å². The number of hydrogen-bond donors (Lipinski definition) is 2. The van der Waals surface area contributed by atoms with Gasteiger partial charge < -0.3 is 14.3 Å². The maximum Gasteiger partial charge on any atom is 0.274 e. The van der Waals surface area contributed by atoms with Gasteiger partial charge in [-0.15, -0.1) is 0 Å².